The van der Waals surface area contributed by atoms with E-state index in [1.807, 2.05) is 20.0 Å². The molecule has 6 heteroatoms. The van der Waals surface area contributed by atoms with Crippen molar-refractivity contribution >= 4 is 16.9 Å². The number of carbonyl (C=O) groups is 1. The Hall–Kier alpha value is -1.95. The molecule has 0 spiro atoms. The van der Waals surface area contributed by atoms with Gasteiger partial charge in [0, 0.05) is 31.8 Å². The monoisotopic (exact) mass is 328 g/mol. The number of amides is 1. The second-order valence-electron chi connectivity index (χ2n) is 6.96. The number of hydrogen-bond acceptors (Lipinski definition) is 4. The van der Waals surface area contributed by atoms with Crippen LogP contribution in [0.4, 0.5) is 0 Å². The van der Waals surface area contributed by atoms with Crippen LogP contribution in [0.3, 0.4) is 0 Å². The topological polar surface area (TPSA) is 69.0 Å². The number of ether oxygens (including phenoxy) is 1. The fraction of sp³-hybridized carbons (Fsp3) is 0.611. The van der Waals surface area contributed by atoms with Crippen LogP contribution in [-0.2, 0) is 11.8 Å². The number of aromatic nitrogens is 3. The number of fused-ring (bicyclic) bond motifs is 1. The number of hydrogen-bond donors (Lipinski definition) is 1. The third-order valence-corrected chi connectivity index (χ3v) is 5.00. The van der Waals surface area contributed by atoms with E-state index in [0.29, 0.717) is 24.1 Å². The smallest absolute Gasteiger partial charge is 0.252 e. The van der Waals surface area contributed by atoms with Crippen molar-refractivity contribution in [1.82, 2.24) is 20.1 Å². The first kappa shape index (κ1) is 15.6. The summed E-state index contributed by atoms with van der Waals surface area (Å²) in [4.78, 5) is 17.5. The highest BCUT2D eigenvalue weighted by Gasteiger charge is 2.28. The molecule has 1 amide bonds. The Morgan fingerprint density at radius 2 is 2.25 bits per heavy atom. The zero-order chi connectivity index (χ0) is 16.7. The van der Waals surface area contributed by atoms with E-state index in [4.69, 9.17) is 9.72 Å². The Labute approximate surface area is 141 Å². The third-order valence-electron chi connectivity index (χ3n) is 5.00. The van der Waals surface area contributed by atoms with E-state index in [0.717, 1.165) is 61.1 Å². The van der Waals surface area contributed by atoms with Crippen LogP contribution in [0.25, 0.3) is 11.0 Å². The summed E-state index contributed by atoms with van der Waals surface area (Å²) in [7, 11) is 1.89. The number of carbonyl (C=O) groups excluding carboxylic acids is 1. The van der Waals surface area contributed by atoms with Crippen LogP contribution in [-0.4, -0.2) is 39.9 Å². The molecule has 4 rings (SSSR count). The summed E-state index contributed by atoms with van der Waals surface area (Å²) in [5.74, 6) is 0.474. The highest BCUT2D eigenvalue weighted by Crippen LogP contribution is 2.40. The lowest BCUT2D eigenvalue weighted by molar-refractivity contribution is 0.0908. The lowest BCUT2D eigenvalue weighted by atomic mass is 10.1. The number of pyridine rings is 1. The van der Waals surface area contributed by atoms with Gasteiger partial charge in [-0.3, -0.25) is 9.48 Å². The van der Waals surface area contributed by atoms with Crippen molar-refractivity contribution in [3.05, 3.63) is 23.0 Å². The van der Waals surface area contributed by atoms with Gasteiger partial charge in [-0.15, -0.1) is 0 Å². The first-order chi connectivity index (χ1) is 11.6. The maximum absolute atomic E-state index is 12.8. The molecule has 1 atom stereocenters. The van der Waals surface area contributed by atoms with Gasteiger partial charge in [-0.05, 0) is 45.1 Å². The van der Waals surface area contributed by atoms with E-state index >= 15 is 0 Å². The van der Waals surface area contributed by atoms with Crippen LogP contribution in [0.2, 0.25) is 0 Å². The summed E-state index contributed by atoms with van der Waals surface area (Å²) in [5, 5.41) is 8.38. The molecule has 0 aromatic carbocycles. The molecule has 2 aromatic rings. The average Bonchev–Trinajstić information content (AvgIpc) is 3.22. The molecule has 128 valence electrons. The zero-order valence-electron chi connectivity index (χ0n) is 14.3. The number of nitrogens with one attached hydrogen (secondary N) is 1. The van der Waals surface area contributed by atoms with Crippen LogP contribution < -0.4 is 5.32 Å². The van der Waals surface area contributed by atoms with Gasteiger partial charge in [0.25, 0.3) is 5.91 Å². The van der Waals surface area contributed by atoms with Gasteiger partial charge in [-0.25, -0.2) is 4.98 Å². The fourth-order valence-corrected chi connectivity index (χ4v) is 3.55. The minimum atomic E-state index is -0.0293. The first-order valence-electron chi connectivity index (χ1n) is 8.87. The minimum absolute atomic E-state index is 0.0293. The maximum Gasteiger partial charge on any atom is 0.252 e. The summed E-state index contributed by atoms with van der Waals surface area (Å²) >= 11 is 0. The minimum Gasteiger partial charge on any atom is -0.378 e. The summed E-state index contributed by atoms with van der Waals surface area (Å²) in [6.07, 6.45) is 5.73. The van der Waals surface area contributed by atoms with Crippen molar-refractivity contribution in [2.45, 2.75) is 51.0 Å². The third kappa shape index (κ3) is 2.90. The molecule has 2 fully saturated rings. The first-order valence-corrected chi connectivity index (χ1v) is 8.87. The van der Waals surface area contributed by atoms with E-state index < -0.39 is 0 Å². The highest BCUT2D eigenvalue weighted by molar-refractivity contribution is 6.06. The fourth-order valence-electron chi connectivity index (χ4n) is 3.55. The van der Waals surface area contributed by atoms with Crippen LogP contribution in [0.15, 0.2) is 6.07 Å². The molecule has 1 N–H and O–H groups in total. The summed E-state index contributed by atoms with van der Waals surface area (Å²) in [5.41, 5.74) is 3.39. The lowest BCUT2D eigenvalue weighted by Gasteiger charge is -2.11. The van der Waals surface area contributed by atoms with Crippen LogP contribution >= 0.6 is 0 Å². The lowest BCUT2D eigenvalue weighted by Crippen LogP contribution is -2.27. The normalized spacial score (nSPS) is 20.7. The highest BCUT2D eigenvalue weighted by atomic mass is 16.5. The van der Waals surface area contributed by atoms with E-state index in [-0.39, 0.29) is 5.91 Å². The van der Waals surface area contributed by atoms with Gasteiger partial charge in [-0.1, -0.05) is 0 Å². The Morgan fingerprint density at radius 1 is 1.42 bits per heavy atom. The van der Waals surface area contributed by atoms with Crippen molar-refractivity contribution in [3.8, 4) is 0 Å². The summed E-state index contributed by atoms with van der Waals surface area (Å²) in [6, 6.07) is 1.97. The molecule has 1 aliphatic heterocycles. The van der Waals surface area contributed by atoms with E-state index in [2.05, 4.69) is 10.4 Å². The predicted octanol–water partition coefficient (Wildman–Crippen LogP) is 2.45. The summed E-state index contributed by atoms with van der Waals surface area (Å²) in [6.45, 7) is 3.43. The van der Waals surface area contributed by atoms with Gasteiger partial charge in [-0.2, -0.15) is 5.10 Å². The van der Waals surface area contributed by atoms with Crippen LogP contribution in [0.5, 0.6) is 0 Å². The van der Waals surface area contributed by atoms with Gasteiger partial charge in [0.2, 0.25) is 0 Å². The molecule has 24 heavy (non-hydrogen) atoms. The number of nitrogens with zero attached hydrogens (tertiary/aromatic N) is 3. The second kappa shape index (κ2) is 6.16. The Bertz CT molecular complexity index is 773. The van der Waals surface area contributed by atoms with Gasteiger partial charge in [0.1, 0.15) is 0 Å². The van der Waals surface area contributed by atoms with E-state index in [1.165, 1.54) is 0 Å². The molecule has 1 saturated heterocycles. The molecule has 0 unspecified atom stereocenters. The van der Waals surface area contributed by atoms with Crippen molar-refractivity contribution < 1.29 is 9.53 Å². The van der Waals surface area contributed by atoms with Crippen molar-refractivity contribution in [1.29, 1.82) is 0 Å². The van der Waals surface area contributed by atoms with Crippen LogP contribution in [0, 0.1) is 6.92 Å². The standard InChI is InChI=1S/C18H24N4O2/c1-11-16-14(18(23)19-8-7-13-4-3-9-24-13)10-15(12-5-6-12)20-17(16)22(2)21-11/h10,12-13H,3-9H2,1-2H3,(H,19,23)/t13-/m0/s1. The Balaban J connectivity index is 1.58. The number of aryl methyl sites for hydroxylation is 2. The maximum atomic E-state index is 12.8. The largest absolute Gasteiger partial charge is 0.378 e. The number of rotatable bonds is 5. The molecule has 1 aliphatic carbocycles. The zero-order valence-corrected chi connectivity index (χ0v) is 14.3. The molecule has 2 aromatic heterocycles. The molecule has 2 aliphatic rings. The Kier molecular flexibility index (Phi) is 4.00. The molecule has 0 bridgehead atoms. The molecule has 1 saturated carbocycles. The molecular weight excluding hydrogens is 304 g/mol. The quantitative estimate of drug-likeness (QED) is 0.915. The summed E-state index contributed by atoms with van der Waals surface area (Å²) < 4.78 is 7.39. The Morgan fingerprint density at radius 3 is 2.96 bits per heavy atom. The molecule has 0 radical (unpaired) electrons. The van der Waals surface area contributed by atoms with Gasteiger partial charge >= 0.3 is 0 Å². The van der Waals surface area contributed by atoms with Gasteiger partial charge in [0.15, 0.2) is 5.65 Å². The van der Waals surface area contributed by atoms with Crippen LogP contribution in [0.1, 0.15) is 59.8 Å². The van der Waals surface area contributed by atoms with Gasteiger partial charge in [0.05, 0.1) is 22.7 Å². The average molecular weight is 328 g/mol. The van der Waals surface area contributed by atoms with Crippen molar-refractivity contribution in [2.24, 2.45) is 7.05 Å². The molecular formula is C18H24N4O2. The van der Waals surface area contributed by atoms with Gasteiger partial charge < -0.3 is 10.1 Å². The van der Waals surface area contributed by atoms with E-state index in [9.17, 15) is 4.79 Å². The van der Waals surface area contributed by atoms with E-state index in [1.54, 1.807) is 4.68 Å². The van der Waals surface area contributed by atoms with Crippen molar-refractivity contribution in [2.75, 3.05) is 13.2 Å². The molecule has 3 heterocycles. The SMILES string of the molecule is Cc1nn(C)c2nc(C3CC3)cc(C(=O)NCC[C@@H]3CCCO3)c12. The van der Waals surface area contributed by atoms with Crippen molar-refractivity contribution in [3.63, 3.8) is 0 Å². The predicted molar refractivity (Wildman–Crippen MR) is 91.1 cm³/mol. The molecule has 6 nitrogen and oxygen atoms in total. The second-order valence-corrected chi connectivity index (χ2v) is 6.96.